The van der Waals surface area contributed by atoms with Gasteiger partial charge in [0.2, 0.25) is 5.91 Å². The first-order valence-corrected chi connectivity index (χ1v) is 10.5. The fourth-order valence-corrected chi connectivity index (χ4v) is 3.88. The van der Waals surface area contributed by atoms with Gasteiger partial charge in [0.05, 0.1) is 11.9 Å². The molecule has 5 nitrogen and oxygen atoms in total. The maximum atomic E-state index is 12.9. The van der Waals surface area contributed by atoms with E-state index in [0.717, 1.165) is 33.3 Å². The molecular weight excluding hydrogens is 398 g/mol. The van der Waals surface area contributed by atoms with Crippen LogP contribution in [0, 0.1) is 20.8 Å². The Morgan fingerprint density at radius 2 is 1.41 bits per heavy atom. The van der Waals surface area contributed by atoms with Gasteiger partial charge in [-0.1, -0.05) is 42.5 Å². The first kappa shape index (κ1) is 21.2. The number of fused-ring (bicyclic) bond motifs is 1. The maximum Gasteiger partial charge on any atom is 0.255 e. The summed E-state index contributed by atoms with van der Waals surface area (Å²) >= 11 is 0. The van der Waals surface area contributed by atoms with E-state index in [1.807, 2.05) is 81.4 Å². The van der Waals surface area contributed by atoms with E-state index in [2.05, 4.69) is 15.6 Å². The first-order chi connectivity index (χ1) is 15.4. The average Bonchev–Trinajstić information content (AvgIpc) is 2.80. The molecule has 0 unspecified atom stereocenters. The van der Waals surface area contributed by atoms with Gasteiger partial charge in [0.15, 0.2) is 0 Å². The van der Waals surface area contributed by atoms with Gasteiger partial charge in [-0.15, -0.1) is 0 Å². The number of nitrogens with one attached hydrogen (secondary N) is 2. The average molecular weight is 424 g/mol. The molecule has 0 saturated carbocycles. The number of hydrogen-bond acceptors (Lipinski definition) is 3. The summed E-state index contributed by atoms with van der Waals surface area (Å²) < 4.78 is 0. The molecule has 0 radical (unpaired) electrons. The second kappa shape index (κ2) is 9.02. The molecule has 5 heteroatoms. The summed E-state index contributed by atoms with van der Waals surface area (Å²) in [5, 5.41) is 6.98. The van der Waals surface area contributed by atoms with Crippen LogP contribution in [-0.4, -0.2) is 16.8 Å². The molecule has 3 aromatic carbocycles. The van der Waals surface area contributed by atoms with E-state index in [9.17, 15) is 9.59 Å². The summed E-state index contributed by atoms with van der Waals surface area (Å²) in [5.74, 6) is -0.311. The predicted molar refractivity (Wildman–Crippen MR) is 129 cm³/mol. The van der Waals surface area contributed by atoms with Crippen molar-refractivity contribution in [1.29, 1.82) is 0 Å². The first-order valence-electron chi connectivity index (χ1n) is 10.5. The van der Waals surface area contributed by atoms with Crippen molar-refractivity contribution in [2.75, 3.05) is 10.6 Å². The quantitative estimate of drug-likeness (QED) is 0.439. The third-order valence-corrected chi connectivity index (χ3v) is 5.72. The number of rotatable bonds is 5. The predicted octanol–water partition coefficient (Wildman–Crippen LogP) is 5.59. The van der Waals surface area contributed by atoms with Crippen molar-refractivity contribution in [3.8, 4) is 0 Å². The number of amides is 2. The van der Waals surface area contributed by atoms with Crippen LogP contribution in [0.1, 0.15) is 32.7 Å². The molecule has 0 aliphatic rings. The number of benzene rings is 3. The highest BCUT2D eigenvalue weighted by molar-refractivity contribution is 6.05. The van der Waals surface area contributed by atoms with Gasteiger partial charge in [0.25, 0.3) is 5.91 Å². The lowest BCUT2D eigenvalue weighted by Gasteiger charge is -2.15. The van der Waals surface area contributed by atoms with Gasteiger partial charge >= 0.3 is 0 Å². The highest BCUT2D eigenvalue weighted by Crippen LogP contribution is 2.26. The lowest BCUT2D eigenvalue weighted by Crippen LogP contribution is -2.18. The third-order valence-electron chi connectivity index (χ3n) is 5.72. The topological polar surface area (TPSA) is 71.1 Å². The van der Waals surface area contributed by atoms with Crippen LogP contribution in [0.2, 0.25) is 0 Å². The molecule has 0 saturated heterocycles. The highest BCUT2D eigenvalue weighted by Gasteiger charge is 2.15. The lowest BCUT2D eigenvalue weighted by molar-refractivity contribution is -0.115. The molecule has 0 aliphatic carbocycles. The number of aryl methyl sites for hydroxylation is 2. The Kier molecular flexibility index (Phi) is 5.99. The summed E-state index contributed by atoms with van der Waals surface area (Å²) in [6, 6.07) is 22.5. The molecule has 2 N–H and O–H groups in total. The highest BCUT2D eigenvalue weighted by atomic mass is 16.2. The minimum absolute atomic E-state index is 0.122. The zero-order valence-corrected chi connectivity index (χ0v) is 18.4. The van der Waals surface area contributed by atoms with E-state index >= 15 is 0 Å². The number of carbonyl (C=O) groups excluding carboxylic acids is 2. The van der Waals surface area contributed by atoms with Crippen LogP contribution >= 0.6 is 0 Å². The number of anilines is 2. The van der Waals surface area contributed by atoms with E-state index in [1.54, 1.807) is 12.1 Å². The lowest BCUT2D eigenvalue weighted by atomic mass is 9.99. The zero-order valence-electron chi connectivity index (χ0n) is 18.4. The van der Waals surface area contributed by atoms with Gasteiger partial charge < -0.3 is 10.6 Å². The summed E-state index contributed by atoms with van der Waals surface area (Å²) in [7, 11) is 0. The molecule has 4 aromatic rings. The summed E-state index contributed by atoms with van der Waals surface area (Å²) in [6.07, 6.45) is 0.232. The molecule has 0 bridgehead atoms. The molecule has 0 aliphatic heterocycles. The van der Waals surface area contributed by atoms with Crippen LogP contribution in [0.4, 0.5) is 11.4 Å². The van der Waals surface area contributed by atoms with Crippen LogP contribution in [0.25, 0.3) is 10.9 Å². The van der Waals surface area contributed by atoms with E-state index in [0.29, 0.717) is 16.9 Å². The molecule has 160 valence electrons. The number of pyridine rings is 1. The zero-order chi connectivity index (χ0) is 22.7. The molecule has 0 fully saturated rings. The van der Waals surface area contributed by atoms with Gasteiger partial charge in [0, 0.05) is 28.0 Å². The van der Waals surface area contributed by atoms with Crippen molar-refractivity contribution in [3.05, 3.63) is 101 Å². The van der Waals surface area contributed by atoms with Crippen molar-refractivity contribution >= 4 is 34.1 Å². The number of aromatic nitrogens is 1. The molecular formula is C27H25N3O2. The minimum atomic E-state index is -0.189. The molecule has 4 rings (SSSR count). The summed E-state index contributed by atoms with van der Waals surface area (Å²) in [4.78, 5) is 30.1. The number of hydrogen-bond donors (Lipinski definition) is 2. The fourth-order valence-electron chi connectivity index (χ4n) is 3.88. The molecule has 0 atom stereocenters. The van der Waals surface area contributed by atoms with Gasteiger partial charge in [-0.3, -0.25) is 14.6 Å². The second-order valence-electron chi connectivity index (χ2n) is 7.84. The largest absolute Gasteiger partial charge is 0.325 e. The Morgan fingerprint density at radius 3 is 2.16 bits per heavy atom. The van der Waals surface area contributed by atoms with Gasteiger partial charge in [-0.25, -0.2) is 0 Å². The minimum Gasteiger partial charge on any atom is -0.325 e. The van der Waals surface area contributed by atoms with Gasteiger partial charge in [-0.05, 0) is 67.8 Å². The maximum absolute atomic E-state index is 12.9. The normalized spacial score (nSPS) is 10.7. The Labute approximate surface area is 187 Å². The Hall–Kier alpha value is -3.99. The van der Waals surface area contributed by atoms with E-state index < -0.39 is 0 Å². The fraction of sp³-hybridized carbons (Fsp3) is 0.148. The van der Waals surface area contributed by atoms with Crippen molar-refractivity contribution in [3.63, 3.8) is 0 Å². The monoisotopic (exact) mass is 423 g/mol. The van der Waals surface area contributed by atoms with Crippen LogP contribution in [-0.2, 0) is 11.2 Å². The molecule has 0 spiro atoms. The number of para-hydroxylation sites is 1. The third kappa shape index (κ3) is 4.37. The smallest absolute Gasteiger partial charge is 0.255 e. The van der Waals surface area contributed by atoms with Crippen molar-refractivity contribution in [1.82, 2.24) is 4.98 Å². The number of carbonyl (C=O) groups is 2. The van der Waals surface area contributed by atoms with E-state index in [1.165, 1.54) is 0 Å². The Morgan fingerprint density at radius 1 is 0.750 bits per heavy atom. The van der Waals surface area contributed by atoms with E-state index in [4.69, 9.17) is 0 Å². The van der Waals surface area contributed by atoms with E-state index in [-0.39, 0.29) is 18.2 Å². The standard InChI is InChI=1S/C27H25N3O2/c1-17-21-12-7-8-13-25(21)28-19(3)22(17)16-26(31)29-23-14-9-15-24(18(23)2)30-27(32)20-10-5-4-6-11-20/h4-15H,16H2,1-3H3,(H,29,31)(H,30,32). The van der Waals surface area contributed by atoms with Crippen molar-refractivity contribution in [2.24, 2.45) is 0 Å². The van der Waals surface area contributed by atoms with Crippen molar-refractivity contribution < 1.29 is 9.59 Å². The summed E-state index contributed by atoms with van der Waals surface area (Å²) in [6.45, 7) is 5.85. The molecule has 32 heavy (non-hydrogen) atoms. The van der Waals surface area contributed by atoms with Crippen LogP contribution in [0.3, 0.4) is 0 Å². The SMILES string of the molecule is Cc1nc2ccccc2c(C)c1CC(=O)Nc1cccc(NC(=O)c2ccccc2)c1C. The van der Waals surface area contributed by atoms with Crippen LogP contribution < -0.4 is 10.6 Å². The van der Waals surface area contributed by atoms with Crippen LogP contribution in [0.5, 0.6) is 0 Å². The molecule has 1 aromatic heterocycles. The Bertz CT molecular complexity index is 1310. The van der Waals surface area contributed by atoms with Crippen molar-refractivity contribution in [2.45, 2.75) is 27.2 Å². The number of nitrogens with zero attached hydrogens (tertiary/aromatic N) is 1. The Balaban J connectivity index is 1.53. The van der Waals surface area contributed by atoms with Gasteiger partial charge in [-0.2, -0.15) is 0 Å². The molecule has 1 heterocycles. The molecule has 2 amide bonds. The second-order valence-corrected chi connectivity index (χ2v) is 7.84. The van der Waals surface area contributed by atoms with Gasteiger partial charge in [0.1, 0.15) is 0 Å². The van der Waals surface area contributed by atoms with Crippen LogP contribution in [0.15, 0.2) is 72.8 Å². The summed E-state index contributed by atoms with van der Waals surface area (Å²) in [5.41, 5.74) is 6.52.